The van der Waals surface area contributed by atoms with Crippen LogP contribution in [0.25, 0.3) is 0 Å². The number of likely N-dealkylation sites (tertiary alicyclic amines) is 2. The number of phenols is 1. The molecule has 2 fully saturated rings. The number of imidazole rings is 3. The number of aromatic hydroxyl groups is 1. The number of amides is 12. The molecule has 36 heteroatoms. The van der Waals surface area contributed by atoms with Crippen LogP contribution >= 0.6 is 0 Å². The van der Waals surface area contributed by atoms with Crippen molar-refractivity contribution in [1.29, 1.82) is 0 Å². The van der Waals surface area contributed by atoms with Crippen LogP contribution in [0.4, 0.5) is 0 Å². The second kappa shape index (κ2) is 34.9. The van der Waals surface area contributed by atoms with Gasteiger partial charge in [0.2, 0.25) is 70.9 Å². The Bertz CT molecular complexity index is 3280. The molecule has 2 aliphatic heterocycles. The maximum atomic E-state index is 14.5. The molecule has 6 rings (SSSR count). The van der Waals surface area contributed by atoms with E-state index < -0.39 is 175 Å². The molecule has 12 amide bonds. The van der Waals surface area contributed by atoms with E-state index in [0.717, 1.165) is 11.8 Å². The van der Waals surface area contributed by atoms with Gasteiger partial charge in [-0.2, -0.15) is 0 Å². The zero-order chi connectivity index (χ0) is 68.8. The van der Waals surface area contributed by atoms with E-state index in [2.05, 4.69) is 77.8 Å². The summed E-state index contributed by atoms with van der Waals surface area (Å²) in [5.74, 6) is -12.5. The van der Waals surface area contributed by atoms with Crippen molar-refractivity contribution in [3.8, 4) is 5.75 Å². The van der Waals surface area contributed by atoms with E-state index in [-0.39, 0.29) is 69.5 Å². The van der Waals surface area contributed by atoms with Crippen molar-refractivity contribution in [3.05, 3.63) is 84.5 Å². The number of carbonyl (C=O) groups is 13. The Morgan fingerprint density at radius 1 is 0.585 bits per heavy atom. The number of aromatic nitrogens is 6. The lowest BCUT2D eigenvalue weighted by Gasteiger charge is -2.29. The SMILES string of the molecule is CC(C)[C@H](NC(=O)[C@@H]1CCCN1C(=O)CNC(=O)[C@@H]1CCCN1C(=O)[C@H](CCC(N)=O)NC(=O)CNC(=O)[C@H](Cc1ccc(O)cc1)NC(=O)[C@H](Cc1cnc[nH]1)NC(=O)[C@@H](NC(=O)[C@H](Cc1cnc[nH]1)NC(=O)[C@H](Cc1cnc[nH]1)NC(=O)[C@@H](N)CO)[C@@H](C)O)C(=O)O. The number of carboxylic acids is 1. The second-order valence-corrected chi connectivity index (χ2v) is 23.0. The van der Waals surface area contributed by atoms with Crippen molar-refractivity contribution in [2.24, 2.45) is 17.4 Å². The summed E-state index contributed by atoms with van der Waals surface area (Å²) in [5, 5.41) is 62.5. The molecular formula is C58H81N19O17. The summed E-state index contributed by atoms with van der Waals surface area (Å²) in [5.41, 5.74) is 12.5. The van der Waals surface area contributed by atoms with Crippen LogP contribution in [0, 0.1) is 5.92 Å². The lowest BCUT2D eigenvalue weighted by molar-refractivity contribution is -0.145. The highest BCUT2D eigenvalue weighted by Crippen LogP contribution is 2.22. The third-order valence-corrected chi connectivity index (χ3v) is 15.5. The molecule has 4 aromatic rings. The molecular weight excluding hydrogens is 1230 g/mol. The van der Waals surface area contributed by atoms with Crippen LogP contribution < -0.4 is 59.3 Å². The zero-order valence-electron chi connectivity index (χ0n) is 51.8. The average molecular weight is 1320 g/mol. The summed E-state index contributed by atoms with van der Waals surface area (Å²) in [4.78, 5) is 199. The highest BCUT2D eigenvalue weighted by atomic mass is 16.4. The number of primary amides is 1. The van der Waals surface area contributed by atoms with Gasteiger partial charge in [0.1, 0.15) is 66.2 Å². The number of aliphatic hydroxyl groups is 2. The fraction of sp³-hybridized carbons (Fsp3) is 0.517. The van der Waals surface area contributed by atoms with Gasteiger partial charge < -0.3 is 104 Å². The van der Waals surface area contributed by atoms with Crippen molar-refractivity contribution >= 4 is 76.9 Å². The van der Waals surface area contributed by atoms with Gasteiger partial charge in [-0.1, -0.05) is 26.0 Å². The largest absolute Gasteiger partial charge is 0.508 e. The molecule has 0 saturated carbocycles. The summed E-state index contributed by atoms with van der Waals surface area (Å²) in [7, 11) is 0. The Balaban J connectivity index is 1.14. The minimum absolute atomic E-state index is 0.0169. The molecule has 0 bridgehead atoms. The molecule has 36 nitrogen and oxygen atoms in total. The van der Waals surface area contributed by atoms with Crippen LogP contribution in [0.3, 0.4) is 0 Å². The third-order valence-electron chi connectivity index (χ3n) is 15.5. The number of carboxylic acid groups (broad SMARTS) is 1. The van der Waals surface area contributed by atoms with Gasteiger partial charge in [0.15, 0.2) is 0 Å². The first-order valence-corrected chi connectivity index (χ1v) is 30.3. The Kier molecular flexibility index (Phi) is 27.0. The number of carbonyl (C=O) groups excluding carboxylic acids is 12. The molecule has 0 aliphatic carbocycles. The first-order chi connectivity index (χ1) is 44.7. The second-order valence-electron chi connectivity index (χ2n) is 23.0. The number of nitrogens with zero attached hydrogens (tertiary/aromatic N) is 5. The summed E-state index contributed by atoms with van der Waals surface area (Å²) >= 11 is 0. The predicted molar refractivity (Wildman–Crippen MR) is 325 cm³/mol. The van der Waals surface area contributed by atoms with Crippen LogP contribution in [-0.4, -0.2) is 236 Å². The number of rotatable bonds is 35. The minimum Gasteiger partial charge on any atom is -0.508 e. The first kappa shape index (κ1) is 72.7. The van der Waals surface area contributed by atoms with Crippen molar-refractivity contribution in [2.45, 2.75) is 152 Å². The molecule has 20 N–H and O–H groups in total. The number of aliphatic carboxylic acids is 1. The van der Waals surface area contributed by atoms with Gasteiger partial charge in [-0.05, 0) is 62.6 Å². The van der Waals surface area contributed by atoms with Crippen molar-refractivity contribution in [3.63, 3.8) is 0 Å². The highest BCUT2D eigenvalue weighted by Gasteiger charge is 2.41. The zero-order valence-corrected chi connectivity index (χ0v) is 51.8. The molecule has 0 radical (unpaired) electrons. The van der Waals surface area contributed by atoms with E-state index >= 15 is 0 Å². The Labute approximate surface area is 537 Å². The summed E-state index contributed by atoms with van der Waals surface area (Å²) in [6.45, 7) is 2.39. The number of nitrogens with two attached hydrogens (primary N) is 2. The number of hydrogen-bond acceptors (Lipinski definition) is 20. The van der Waals surface area contributed by atoms with Crippen molar-refractivity contribution in [1.82, 2.24) is 87.6 Å². The van der Waals surface area contributed by atoms with E-state index in [4.69, 9.17) is 11.5 Å². The molecule has 5 heterocycles. The average Bonchev–Trinajstić information content (AvgIpc) is 1.64. The molecule has 1 aromatic carbocycles. The monoisotopic (exact) mass is 1320 g/mol. The number of phenolic OH excluding ortho intramolecular Hbond substituents is 1. The van der Waals surface area contributed by atoms with Gasteiger partial charge in [-0.15, -0.1) is 0 Å². The van der Waals surface area contributed by atoms with E-state index in [1.165, 1.54) is 66.7 Å². The normalized spacial score (nSPS) is 17.3. The van der Waals surface area contributed by atoms with Gasteiger partial charge >= 0.3 is 5.97 Å². The maximum absolute atomic E-state index is 14.5. The van der Waals surface area contributed by atoms with E-state index in [0.29, 0.717) is 29.8 Å². The predicted octanol–water partition coefficient (Wildman–Crippen LogP) is -6.85. The van der Waals surface area contributed by atoms with Crippen molar-refractivity contribution < 1.29 is 82.8 Å². The van der Waals surface area contributed by atoms with Crippen LogP contribution in [0.5, 0.6) is 5.75 Å². The summed E-state index contributed by atoms with van der Waals surface area (Å²) in [6.07, 6.45) is 5.54. The number of benzene rings is 1. The lowest BCUT2D eigenvalue weighted by Crippen LogP contribution is -2.62. The number of nitrogens with one attached hydrogen (secondary N) is 12. The lowest BCUT2D eigenvalue weighted by atomic mass is 10.0. The minimum atomic E-state index is -1.85. The number of hydrogen-bond donors (Lipinski definition) is 18. The van der Waals surface area contributed by atoms with Crippen LogP contribution in [0.2, 0.25) is 0 Å². The van der Waals surface area contributed by atoms with Crippen LogP contribution in [-0.2, 0) is 88.0 Å². The summed E-state index contributed by atoms with van der Waals surface area (Å²) in [6, 6.07) is -8.76. The highest BCUT2D eigenvalue weighted by molar-refractivity contribution is 5.99. The quantitative estimate of drug-likeness (QED) is 0.0204. The van der Waals surface area contributed by atoms with Gasteiger partial charge in [-0.3, -0.25) is 57.5 Å². The standard InChI is InChI=1S/C58H81N19O17/c1-29(2)47(58(93)94)74-55(90)43-7-4-14-76(43)46(83)24-65-54(89)42-6-5-15-77(42)57(92)37(12-13-44(60)81)69-45(82)23-64-50(85)38(16-31-8-10-35(80)11-9-31)71-52(87)40(18-33-21-62-27-67-33)73-56(91)48(30(3)79)75-53(88)41(19-34-22-63-28-68-34)72-51(86)39(17-32-20-61-26-66-32)70-49(84)36(59)25-78/h8-11,20-22,26-30,36-43,47-48,78-80H,4-7,12-19,23-25,59H2,1-3H3,(H2,60,81)(H,61,66)(H,62,67)(H,63,68)(H,64,85)(H,65,89)(H,69,82)(H,70,84)(H,71,87)(H,72,86)(H,73,91)(H,74,90)(H,75,88)(H,93,94)/t30-,36+,37+,38+,39+,40+,41+,42+,43+,47+,48+/m1/s1. The molecule has 510 valence electrons. The van der Waals surface area contributed by atoms with E-state index in [1.807, 2.05) is 0 Å². The third kappa shape index (κ3) is 21.4. The van der Waals surface area contributed by atoms with Gasteiger partial charge in [0, 0.05) is 80.9 Å². The Morgan fingerprint density at radius 2 is 1.07 bits per heavy atom. The number of aromatic amines is 3. The van der Waals surface area contributed by atoms with E-state index in [1.54, 1.807) is 13.8 Å². The van der Waals surface area contributed by atoms with Crippen LogP contribution in [0.15, 0.2) is 61.8 Å². The van der Waals surface area contributed by atoms with Crippen LogP contribution in [0.1, 0.15) is 81.9 Å². The fourth-order valence-corrected chi connectivity index (χ4v) is 10.4. The molecule has 94 heavy (non-hydrogen) atoms. The summed E-state index contributed by atoms with van der Waals surface area (Å²) < 4.78 is 0. The topological polar surface area (TPSA) is 556 Å². The van der Waals surface area contributed by atoms with Gasteiger partial charge in [0.05, 0.1) is 44.8 Å². The van der Waals surface area contributed by atoms with E-state index in [9.17, 15) is 82.8 Å². The molecule has 3 aromatic heterocycles. The first-order valence-electron chi connectivity index (χ1n) is 30.3. The maximum Gasteiger partial charge on any atom is 0.326 e. The molecule has 11 atom stereocenters. The Hall–Kier alpha value is -10.4. The smallest absolute Gasteiger partial charge is 0.326 e. The van der Waals surface area contributed by atoms with Gasteiger partial charge in [-0.25, -0.2) is 19.7 Å². The molecule has 0 spiro atoms. The molecule has 2 aliphatic rings. The molecule has 0 unspecified atom stereocenters. The molecule has 2 saturated heterocycles. The van der Waals surface area contributed by atoms with Crippen molar-refractivity contribution in [2.75, 3.05) is 32.8 Å². The number of aliphatic hydroxyl groups excluding tert-OH is 2. The fourth-order valence-electron chi connectivity index (χ4n) is 10.4. The Morgan fingerprint density at radius 3 is 1.55 bits per heavy atom. The number of H-pyrrole nitrogens is 3. The van der Waals surface area contributed by atoms with Gasteiger partial charge in [0.25, 0.3) is 0 Å².